The molecule has 0 unspecified atom stereocenters. The fourth-order valence-electron chi connectivity index (χ4n) is 3.89. The van der Waals surface area contributed by atoms with Crippen LogP contribution in [0.4, 0.5) is 0 Å². The van der Waals surface area contributed by atoms with Crippen molar-refractivity contribution in [1.82, 2.24) is 15.1 Å². The van der Waals surface area contributed by atoms with Crippen LogP contribution in [-0.4, -0.2) is 65.7 Å². The maximum atomic E-state index is 12.9. The van der Waals surface area contributed by atoms with Crippen molar-refractivity contribution in [3.8, 4) is 22.8 Å². The van der Waals surface area contributed by atoms with Crippen LogP contribution < -0.4 is 10.7 Å². The number of aromatic hydroxyl groups is 2. The van der Waals surface area contributed by atoms with Crippen LogP contribution >= 0.6 is 27.5 Å². The van der Waals surface area contributed by atoms with E-state index in [0.717, 1.165) is 31.7 Å². The Morgan fingerprint density at radius 3 is 2.62 bits per heavy atom. The standard InChI is InChI=1S/C24H25BrClN3O5/c1-28-6-8-29(9-7-28)20(31)4-5-27-13-14-10-16-21(32)22(33)23(34-24(16)17(25)11-14)15-2-3-19(30)18(26)12-15/h2-3,10-12,27,30,33H,4-9,13H2,1H3. The van der Waals surface area contributed by atoms with E-state index in [1.807, 2.05) is 11.0 Å². The molecule has 1 aliphatic rings. The fraction of sp³-hybridized carbons (Fsp3) is 0.333. The Morgan fingerprint density at radius 1 is 1.18 bits per heavy atom. The quantitative estimate of drug-likeness (QED) is 0.403. The molecule has 2 heterocycles. The molecule has 2 aromatic carbocycles. The fourth-order valence-corrected chi connectivity index (χ4v) is 4.66. The molecule has 0 atom stereocenters. The maximum Gasteiger partial charge on any atom is 0.235 e. The van der Waals surface area contributed by atoms with Crippen molar-refractivity contribution in [2.45, 2.75) is 13.0 Å². The number of hydrogen-bond donors (Lipinski definition) is 3. The number of carbonyl (C=O) groups excluding carboxylic acids is 1. The normalized spacial score (nSPS) is 14.6. The minimum atomic E-state index is -0.576. The average molecular weight is 551 g/mol. The second kappa shape index (κ2) is 10.4. The van der Waals surface area contributed by atoms with Gasteiger partial charge in [-0.3, -0.25) is 9.59 Å². The topological polar surface area (TPSA) is 106 Å². The lowest BCUT2D eigenvalue weighted by atomic mass is 10.1. The monoisotopic (exact) mass is 549 g/mol. The van der Waals surface area contributed by atoms with Gasteiger partial charge in [0.1, 0.15) is 5.75 Å². The van der Waals surface area contributed by atoms with Crippen LogP contribution in [0.1, 0.15) is 12.0 Å². The molecule has 0 saturated carbocycles. The van der Waals surface area contributed by atoms with Gasteiger partial charge in [-0.15, -0.1) is 0 Å². The molecule has 8 nitrogen and oxygen atoms in total. The molecule has 1 saturated heterocycles. The van der Waals surface area contributed by atoms with Crippen molar-refractivity contribution in [3.05, 3.63) is 55.6 Å². The Labute approximate surface area is 209 Å². The molecule has 3 N–H and O–H groups in total. The molecule has 0 aliphatic carbocycles. The van der Waals surface area contributed by atoms with E-state index in [4.69, 9.17) is 16.0 Å². The van der Waals surface area contributed by atoms with Gasteiger partial charge >= 0.3 is 0 Å². The van der Waals surface area contributed by atoms with Crippen molar-refractivity contribution in [3.63, 3.8) is 0 Å². The van der Waals surface area contributed by atoms with Gasteiger partial charge < -0.3 is 29.7 Å². The maximum absolute atomic E-state index is 12.9. The molecular formula is C24H25BrClN3O5. The van der Waals surface area contributed by atoms with Gasteiger partial charge in [0.05, 0.1) is 14.9 Å². The minimum absolute atomic E-state index is 0.0339. The van der Waals surface area contributed by atoms with E-state index < -0.39 is 11.2 Å². The summed E-state index contributed by atoms with van der Waals surface area (Å²) in [6.45, 7) is 4.25. The first-order valence-electron chi connectivity index (χ1n) is 10.9. The number of likely N-dealkylation sites (N-methyl/N-ethyl adjacent to an activating group) is 1. The van der Waals surface area contributed by atoms with Crippen LogP contribution in [0.2, 0.25) is 5.02 Å². The lowest BCUT2D eigenvalue weighted by Crippen LogP contribution is -2.47. The van der Waals surface area contributed by atoms with E-state index in [0.29, 0.717) is 29.5 Å². The largest absolute Gasteiger partial charge is 0.506 e. The second-order valence-corrected chi connectivity index (χ2v) is 9.60. The molecule has 0 spiro atoms. The van der Waals surface area contributed by atoms with Crippen LogP contribution in [0.25, 0.3) is 22.3 Å². The predicted molar refractivity (Wildman–Crippen MR) is 134 cm³/mol. The highest BCUT2D eigenvalue weighted by molar-refractivity contribution is 9.10. The Hall–Kier alpha value is -2.59. The number of fused-ring (bicyclic) bond motifs is 1. The van der Waals surface area contributed by atoms with Gasteiger partial charge in [-0.2, -0.15) is 0 Å². The number of phenolic OH excluding ortho intramolecular Hbond substituents is 1. The van der Waals surface area contributed by atoms with Crippen LogP contribution in [0, 0.1) is 0 Å². The molecule has 1 aliphatic heterocycles. The lowest BCUT2D eigenvalue weighted by Gasteiger charge is -2.32. The van der Waals surface area contributed by atoms with E-state index in [2.05, 4.69) is 33.2 Å². The Kier molecular flexibility index (Phi) is 7.47. The number of carbonyl (C=O) groups is 1. The molecule has 0 bridgehead atoms. The van der Waals surface area contributed by atoms with Crippen molar-refractivity contribution in [1.29, 1.82) is 0 Å². The van der Waals surface area contributed by atoms with Crippen LogP contribution in [0.3, 0.4) is 0 Å². The van der Waals surface area contributed by atoms with E-state index in [-0.39, 0.29) is 33.4 Å². The van der Waals surface area contributed by atoms with E-state index in [1.165, 1.54) is 18.2 Å². The summed E-state index contributed by atoms with van der Waals surface area (Å²) in [5.74, 6) is -0.554. The third-order valence-electron chi connectivity index (χ3n) is 5.89. The van der Waals surface area contributed by atoms with Crippen LogP contribution in [-0.2, 0) is 11.3 Å². The minimum Gasteiger partial charge on any atom is -0.506 e. The summed E-state index contributed by atoms with van der Waals surface area (Å²) in [5, 5.41) is 23.7. The van der Waals surface area contributed by atoms with Gasteiger partial charge in [-0.05, 0) is 58.9 Å². The second-order valence-electron chi connectivity index (χ2n) is 8.34. The summed E-state index contributed by atoms with van der Waals surface area (Å²) in [6.07, 6.45) is 0.403. The number of benzene rings is 2. The zero-order valence-corrected chi connectivity index (χ0v) is 20.9. The van der Waals surface area contributed by atoms with Gasteiger partial charge in [-0.25, -0.2) is 0 Å². The zero-order chi connectivity index (χ0) is 24.4. The zero-order valence-electron chi connectivity index (χ0n) is 18.6. The highest BCUT2D eigenvalue weighted by atomic mass is 79.9. The molecule has 3 aromatic rings. The predicted octanol–water partition coefficient (Wildman–Crippen LogP) is 3.54. The summed E-state index contributed by atoms with van der Waals surface area (Å²) in [4.78, 5) is 29.4. The average Bonchev–Trinajstić information content (AvgIpc) is 2.81. The van der Waals surface area contributed by atoms with E-state index >= 15 is 0 Å². The SMILES string of the molecule is CN1CCN(C(=O)CCNCc2cc(Br)c3oc(-c4ccc(O)c(Cl)c4)c(O)c(=O)c3c2)CC1. The van der Waals surface area contributed by atoms with Crippen molar-refractivity contribution < 1.29 is 19.4 Å². The van der Waals surface area contributed by atoms with Gasteiger partial charge in [0.15, 0.2) is 11.3 Å². The number of piperazine rings is 1. The number of phenols is 1. The highest BCUT2D eigenvalue weighted by Crippen LogP contribution is 2.36. The van der Waals surface area contributed by atoms with Crippen LogP contribution in [0.5, 0.6) is 11.5 Å². The smallest absolute Gasteiger partial charge is 0.235 e. The first-order chi connectivity index (χ1) is 16.2. The van der Waals surface area contributed by atoms with Gasteiger partial charge in [0.25, 0.3) is 0 Å². The summed E-state index contributed by atoms with van der Waals surface area (Å²) in [5.41, 5.74) is 0.879. The number of rotatable bonds is 6. The molecule has 1 aromatic heterocycles. The molecule has 180 valence electrons. The Balaban J connectivity index is 1.48. The third kappa shape index (κ3) is 5.22. The molecule has 1 amide bonds. The van der Waals surface area contributed by atoms with E-state index in [1.54, 1.807) is 6.07 Å². The molecule has 1 fully saturated rings. The first-order valence-corrected chi connectivity index (χ1v) is 12.1. The van der Waals surface area contributed by atoms with Crippen LogP contribution in [0.15, 0.2) is 44.0 Å². The number of amides is 1. The molecule has 34 heavy (non-hydrogen) atoms. The highest BCUT2D eigenvalue weighted by Gasteiger charge is 2.20. The summed E-state index contributed by atoms with van der Waals surface area (Å²) in [6, 6.07) is 7.76. The summed E-state index contributed by atoms with van der Waals surface area (Å²) < 4.78 is 6.41. The Morgan fingerprint density at radius 2 is 1.91 bits per heavy atom. The van der Waals surface area contributed by atoms with Crippen molar-refractivity contribution >= 4 is 44.4 Å². The summed E-state index contributed by atoms with van der Waals surface area (Å²) in [7, 11) is 2.05. The van der Waals surface area contributed by atoms with Crippen molar-refractivity contribution in [2.24, 2.45) is 0 Å². The summed E-state index contributed by atoms with van der Waals surface area (Å²) >= 11 is 9.42. The number of nitrogens with one attached hydrogen (secondary N) is 1. The number of nitrogens with zero attached hydrogens (tertiary/aromatic N) is 2. The van der Waals surface area contributed by atoms with Gasteiger partial charge in [0.2, 0.25) is 17.1 Å². The molecule has 0 radical (unpaired) electrons. The Bertz CT molecular complexity index is 1290. The van der Waals surface area contributed by atoms with Gasteiger partial charge in [-0.1, -0.05) is 11.6 Å². The first kappa shape index (κ1) is 24.5. The number of hydrogen-bond acceptors (Lipinski definition) is 7. The van der Waals surface area contributed by atoms with E-state index in [9.17, 15) is 19.8 Å². The molecule has 4 rings (SSSR count). The van der Waals surface area contributed by atoms with Crippen molar-refractivity contribution in [2.75, 3.05) is 39.8 Å². The number of halogens is 2. The third-order valence-corrected chi connectivity index (χ3v) is 6.78. The molecule has 10 heteroatoms. The molecular weight excluding hydrogens is 526 g/mol. The van der Waals surface area contributed by atoms with Gasteiger partial charge in [0, 0.05) is 51.3 Å². The lowest BCUT2D eigenvalue weighted by molar-refractivity contribution is -0.132.